The molecule has 1 aliphatic heterocycles. The van der Waals surface area contributed by atoms with Crippen LogP contribution >= 0.6 is 0 Å². The van der Waals surface area contributed by atoms with Crippen molar-refractivity contribution >= 4 is 17.5 Å². The zero-order chi connectivity index (χ0) is 22.6. The number of halogens is 1. The first kappa shape index (κ1) is 22.9. The second-order valence-electron chi connectivity index (χ2n) is 9.15. The molecule has 2 aromatic rings. The van der Waals surface area contributed by atoms with E-state index in [4.69, 9.17) is 0 Å². The van der Waals surface area contributed by atoms with Crippen LogP contribution in [-0.4, -0.2) is 41.9 Å². The van der Waals surface area contributed by atoms with Crippen LogP contribution in [0.25, 0.3) is 0 Å². The summed E-state index contributed by atoms with van der Waals surface area (Å²) in [5, 5.41) is 5.76. The zero-order valence-electron chi connectivity index (χ0n) is 18.8. The van der Waals surface area contributed by atoms with E-state index in [1.807, 2.05) is 6.92 Å². The number of amides is 2. The van der Waals surface area contributed by atoms with Gasteiger partial charge >= 0.3 is 0 Å². The van der Waals surface area contributed by atoms with Gasteiger partial charge in [-0.25, -0.2) is 4.39 Å². The molecule has 1 saturated heterocycles. The van der Waals surface area contributed by atoms with Crippen molar-refractivity contribution in [3.8, 4) is 0 Å². The minimum absolute atomic E-state index is 0.0331. The summed E-state index contributed by atoms with van der Waals surface area (Å²) in [5.41, 5.74) is 1.57. The highest BCUT2D eigenvalue weighted by atomic mass is 19.1. The fraction of sp³-hybridized carbons (Fsp3) is 0.440. The fourth-order valence-electron chi connectivity index (χ4n) is 3.98. The molecule has 2 aromatic carbocycles. The van der Waals surface area contributed by atoms with Gasteiger partial charge in [0.05, 0.1) is 5.56 Å². The second kappa shape index (κ2) is 9.60. The smallest absolute Gasteiger partial charge is 0.258 e. The van der Waals surface area contributed by atoms with Crippen LogP contribution in [0, 0.1) is 18.7 Å². The normalized spacial score (nSPS) is 17.3. The summed E-state index contributed by atoms with van der Waals surface area (Å²) in [5.74, 6) is -0.652. The Morgan fingerprint density at radius 1 is 1.16 bits per heavy atom. The molecule has 1 heterocycles. The molecule has 1 aliphatic rings. The van der Waals surface area contributed by atoms with Crippen LogP contribution in [0.1, 0.15) is 59.9 Å². The van der Waals surface area contributed by atoms with E-state index in [1.165, 1.54) is 31.0 Å². The Labute approximate surface area is 184 Å². The molecule has 6 heteroatoms. The Balaban J connectivity index is 1.67. The molecule has 0 aliphatic carbocycles. The lowest BCUT2D eigenvalue weighted by Crippen LogP contribution is -2.54. The zero-order valence-corrected chi connectivity index (χ0v) is 18.8. The van der Waals surface area contributed by atoms with Crippen molar-refractivity contribution in [2.75, 3.05) is 25.0 Å². The molecule has 5 nitrogen and oxygen atoms in total. The van der Waals surface area contributed by atoms with Gasteiger partial charge in [0.15, 0.2) is 0 Å². The van der Waals surface area contributed by atoms with E-state index < -0.39 is 11.7 Å². The highest BCUT2D eigenvalue weighted by molar-refractivity contribution is 6.05. The summed E-state index contributed by atoms with van der Waals surface area (Å²) in [7, 11) is 0. The van der Waals surface area contributed by atoms with Gasteiger partial charge in [0.1, 0.15) is 5.82 Å². The largest absolute Gasteiger partial charge is 0.350 e. The number of nitrogens with one attached hydrogen (secondary N) is 2. The molecule has 1 atom stereocenters. The average Bonchev–Trinajstić information content (AvgIpc) is 2.74. The van der Waals surface area contributed by atoms with Crippen molar-refractivity contribution in [1.82, 2.24) is 10.2 Å². The summed E-state index contributed by atoms with van der Waals surface area (Å²) in [6.45, 7) is 11.0. The lowest BCUT2D eigenvalue weighted by Gasteiger charge is -2.43. The van der Waals surface area contributed by atoms with Gasteiger partial charge in [0, 0.05) is 29.9 Å². The van der Waals surface area contributed by atoms with Crippen molar-refractivity contribution in [3.63, 3.8) is 0 Å². The van der Waals surface area contributed by atoms with E-state index in [0.29, 0.717) is 23.7 Å². The first-order valence-electron chi connectivity index (χ1n) is 10.9. The monoisotopic (exact) mass is 425 g/mol. The van der Waals surface area contributed by atoms with Crippen LogP contribution in [0.5, 0.6) is 0 Å². The standard InChI is InChI=1S/C25H32FN3O2/c1-17-8-7-13-29(15-17)25(3,4)16-27-23(30)19-12-11-18(2)22(14-19)28-24(31)20-9-5-6-10-21(20)26/h5-6,9-12,14,17H,7-8,13,15-16H2,1-4H3,(H,27,30)(H,28,31). The second-order valence-corrected chi connectivity index (χ2v) is 9.15. The van der Waals surface area contributed by atoms with Gasteiger partial charge < -0.3 is 10.6 Å². The van der Waals surface area contributed by atoms with Gasteiger partial charge in [0.2, 0.25) is 0 Å². The Kier molecular flexibility index (Phi) is 7.11. The molecule has 2 amide bonds. The molecule has 1 fully saturated rings. The SMILES string of the molecule is Cc1ccc(C(=O)NCC(C)(C)N2CCCC(C)C2)cc1NC(=O)c1ccccc1F. The Morgan fingerprint density at radius 3 is 2.61 bits per heavy atom. The number of carbonyl (C=O) groups is 2. The van der Waals surface area contributed by atoms with E-state index in [-0.39, 0.29) is 17.0 Å². The van der Waals surface area contributed by atoms with E-state index in [1.54, 1.807) is 24.3 Å². The van der Waals surface area contributed by atoms with Crippen LogP contribution in [0.3, 0.4) is 0 Å². The predicted molar refractivity (Wildman–Crippen MR) is 122 cm³/mol. The summed E-state index contributed by atoms with van der Waals surface area (Å²) in [6, 6.07) is 11.0. The molecule has 0 saturated carbocycles. The minimum Gasteiger partial charge on any atom is -0.350 e. The van der Waals surface area contributed by atoms with Crippen molar-refractivity contribution < 1.29 is 14.0 Å². The Bertz CT molecular complexity index is 958. The molecule has 3 rings (SSSR count). The van der Waals surface area contributed by atoms with Crippen LogP contribution in [-0.2, 0) is 0 Å². The van der Waals surface area contributed by atoms with Gasteiger partial charge in [0.25, 0.3) is 11.8 Å². The fourth-order valence-corrected chi connectivity index (χ4v) is 3.98. The van der Waals surface area contributed by atoms with Gasteiger partial charge in [-0.2, -0.15) is 0 Å². The molecule has 166 valence electrons. The number of aryl methyl sites for hydroxylation is 1. The lowest BCUT2D eigenvalue weighted by atomic mass is 9.93. The summed E-state index contributed by atoms with van der Waals surface area (Å²) in [6.07, 6.45) is 2.44. The maximum atomic E-state index is 13.9. The summed E-state index contributed by atoms with van der Waals surface area (Å²) in [4.78, 5) is 27.7. The molecule has 0 bridgehead atoms. The third-order valence-electron chi connectivity index (χ3n) is 6.06. The first-order valence-corrected chi connectivity index (χ1v) is 10.9. The number of benzene rings is 2. The van der Waals surface area contributed by atoms with E-state index >= 15 is 0 Å². The highest BCUT2D eigenvalue weighted by Crippen LogP contribution is 2.24. The summed E-state index contributed by atoms with van der Waals surface area (Å²) < 4.78 is 13.9. The quantitative estimate of drug-likeness (QED) is 0.710. The number of likely N-dealkylation sites (tertiary alicyclic amines) is 1. The topological polar surface area (TPSA) is 61.4 Å². The van der Waals surface area contributed by atoms with E-state index in [9.17, 15) is 14.0 Å². The van der Waals surface area contributed by atoms with E-state index in [0.717, 1.165) is 18.7 Å². The van der Waals surface area contributed by atoms with Crippen LogP contribution < -0.4 is 10.6 Å². The number of piperidine rings is 1. The van der Waals surface area contributed by atoms with Crippen molar-refractivity contribution in [3.05, 3.63) is 65.0 Å². The van der Waals surface area contributed by atoms with Crippen molar-refractivity contribution in [2.45, 2.75) is 46.1 Å². The van der Waals surface area contributed by atoms with Gasteiger partial charge in [-0.05, 0) is 75.9 Å². The average molecular weight is 426 g/mol. The molecular formula is C25H32FN3O2. The molecule has 2 N–H and O–H groups in total. The number of rotatable bonds is 6. The number of nitrogens with zero attached hydrogens (tertiary/aromatic N) is 1. The van der Waals surface area contributed by atoms with Crippen LogP contribution in [0.4, 0.5) is 10.1 Å². The maximum absolute atomic E-state index is 13.9. The number of carbonyl (C=O) groups excluding carboxylic acids is 2. The van der Waals surface area contributed by atoms with Gasteiger partial charge in [-0.1, -0.05) is 25.1 Å². The highest BCUT2D eigenvalue weighted by Gasteiger charge is 2.30. The third kappa shape index (κ3) is 5.70. The molecular weight excluding hydrogens is 393 g/mol. The van der Waals surface area contributed by atoms with Crippen molar-refractivity contribution in [2.24, 2.45) is 5.92 Å². The lowest BCUT2D eigenvalue weighted by molar-refractivity contribution is 0.0657. The molecule has 31 heavy (non-hydrogen) atoms. The first-order chi connectivity index (χ1) is 14.7. The Hall–Kier alpha value is -2.73. The number of hydrogen-bond acceptors (Lipinski definition) is 3. The number of hydrogen-bond donors (Lipinski definition) is 2. The molecule has 0 spiro atoms. The van der Waals surface area contributed by atoms with Gasteiger partial charge in [-0.3, -0.25) is 14.5 Å². The molecule has 0 aromatic heterocycles. The third-order valence-corrected chi connectivity index (χ3v) is 6.06. The summed E-state index contributed by atoms with van der Waals surface area (Å²) >= 11 is 0. The van der Waals surface area contributed by atoms with Crippen LogP contribution in [0.15, 0.2) is 42.5 Å². The predicted octanol–water partition coefficient (Wildman–Crippen LogP) is 4.63. The Morgan fingerprint density at radius 2 is 1.90 bits per heavy atom. The maximum Gasteiger partial charge on any atom is 0.258 e. The molecule has 1 unspecified atom stereocenters. The number of anilines is 1. The van der Waals surface area contributed by atoms with E-state index in [2.05, 4.69) is 36.3 Å². The van der Waals surface area contributed by atoms with Crippen LogP contribution in [0.2, 0.25) is 0 Å². The van der Waals surface area contributed by atoms with Crippen molar-refractivity contribution in [1.29, 1.82) is 0 Å². The molecule has 0 radical (unpaired) electrons. The van der Waals surface area contributed by atoms with Gasteiger partial charge in [-0.15, -0.1) is 0 Å². The minimum atomic E-state index is -0.583.